The Kier molecular flexibility index (Phi) is 19.1. The number of carboxylic acid groups (broad SMARTS) is 1. The van der Waals surface area contributed by atoms with Crippen LogP contribution < -0.4 is 10.6 Å². The van der Waals surface area contributed by atoms with Crippen molar-refractivity contribution in [2.24, 2.45) is 5.92 Å². The third-order valence-electron chi connectivity index (χ3n) is 9.77. The largest absolute Gasteiger partial charge is 0.480 e. The number of rotatable bonds is 19. The van der Waals surface area contributed by atoms with Crippen molar-refractivity contribution in [2.45, 2.75) is 102 Å². The SMILES string of the molecule is CCCSC(C)CNC.COC[C@@H]1CC(OCC2CCCCC2)CN1Cc1ccc(C(=O)NC(CCS(C)(=O)=O)C(=O)O)c(-c2ccccc2C)c1. The Morgan fingerprint density at radius 2 is 1.81 bits per heavy atom. The summed E-state index contributed by atoms with van der Waals surface area (Å²) in [6, 6.07) is 12.3. The fraction of sp³-hybridized carbons (Fsp3) is 0.650. The van der Waals surface area contributed by atoms with Crippen molar-refractivity contribution in [1.29, 1.82) is 0 Å². The zero-order valence-electron chi connectivity index (χ0n) is 32.2. The van der Waals surface area contributed by atoms with Gasteiger partial charge in [-0.1, -0.05) is 63.4 Å². The molecule has 1 amide bonds. The maximum atomic E-state index is 13.5. The molecule has 10 nitrogen and oxygen atoms in total. The van der Waals surface area contributed by atoms with Crippen molar-refractivity contribution in [2.75, 3.05) is 58.2 Å². The van der Waals surface area contributed by atoms with Gasteiger partial charge in [-0.15, -0.1) is 0 Å². The third-order valence-corrected chi connectivity index (χ3v) is 12.1. The number of hydrogen-bond acceptors (Lipinski definition) is 9. The van der Waals surface area contributed by atoms with E-state index in [0.717, 1.165) is 54.3 Å². The molecule has 1 heterocycles. The molecule has 2 aromatic rings. The van der Waals surface area contributed by atoms with Crippen LogP contribution in [0.25, 0.3) is 11.1 Å². The van der Waals surface area contributed by atoms with Crippen LogP contribution in [0.5, 0.6) is 0 Å². The molecule has 2 aliphatic rings. The van der Waals surface area contributed by atoms with Gasteiger partial charge in [0.1, 0.15) is 15.9 Å². The molecule has 1 saturated heterocycles. The maximum Gasteiger partial charge on any atom is 0.326 e. The first kappa shape index (κ1) is 43.9. The van der Waals surface area contributed by atoms with Crippen LogP contribution in [0.2, 0.25) is 0 Å². The molecule has 292 valence electrons. The molecular weight excluding hydrogens is 699 g/mol. The fourth-order valence-corrected chi connectivity index (χ4v) is 8.54. The van der Waals surface area contributed by atoms with Crippen molar-refractivity contribution in [3.05, 3.63) is 59.2 Å². The van der Waals surface area contributed by atoms with Gasteiger partial charge in [-0.3, -0.25) is 9.69 Å². The van der Waals surface area contributed by atoms with Gasteiger partial charge in [0.25, 0.3) is 5.91 Å². The van der Waals surface area contributed by atoms with Gasteiger partial charge in [0.2, 0.25) is 0 Å². The minimum absolute atomic E-state index is 0.155. The van der Waals surface area contributed by atoms with E-state index in [0.29, 0.717) is 30.2 Å². The second-order valence-electron chi connectivity index (χ2n) is 14.5. The molecule has 0 bridgehead atoms. The monoisotopic (exact) mass is 761 g/mol. The molecule has 12 heteroatoms. The number of carbonyl (C=O) groups is 2. The van der Waals surface area contributed by atoms with Crippen molar-refractivity contribution >= 4 is 33.5 Å². The summed E-state index contributed by atoms with van der Waals surface area (Å²) >= 11 is 2.04. The van der Waals surface area contributed by atoms with Crippen molar-refractivity contribution in [1.82, 2.24) is 15.5 Å². The summed E-state index contributed by atoms with van der Waals surface area (Å²) < 4.78 is 35.2. The lowest BCUT2D eigenvalue weighted by Gasteiger charge is -2.25. The van der Waals surface area contributed by atoms with Crippen molar-refractivity contribution < 1.29 is 32.6 Å². The van der Waals surface area contributed by atoms with Crippen LogP contribution in [0.1, 0.15) is 86.7 Å². The predicted octanol–water partition coefficient (Wildman–Crippen LogP) is 6.20. The highest BCUT2D eigenvalue weighted by Crippen LogP contribution is 2.31. The summed E-state index contributed by atoms with van der Waals surface area (Å²) in [6.45, 7) is 10.5. The fourth-order valence-electron chi connectivity index (χ4n) is 6.95. The lowest BCUT2D eigenvalue weighted by atomic mass is 9.90. The molecule has 0 radical (unpaired) electrons. The Morgan fingerprint density at radius 1 is 1.08 bits per heavy atom. The summed E-state index contributed by atoms with van der Waals surface area (Å²) in [4.78, 5) is 27.7. The number of methoxy groups -OCH3 is 1. The smallest absolute Gasteiger partial charge is 0.326 e. The number of amides is 1. The van der Waals surface area contributed by atoms with Gasteiger partial charge in [0, 0.05) is 56.5 Å². The quantitative estimate of drug-likeness (QED) is 0.152. The number of benzene rings is 2. The Morgan fingerprint density at radius 3 is 2.44 bits per heavy atom. The number of aliphatic carboxylic acids is 1. The highest BCUT2D eigenvalue weighted by Gasteiger charge is 2.33. The summed E-state index contributed by atoms with van der Waals surface area (Å²) in [7, 11) is 0.337. The standard InChI is InChI=1S/C33H46N2O7S.C7H17NS/c1-23-9-7-8-12-28(23)30-17-25(13-14-29(30)32(36)34-31(33(37)38)15-16-43(3,39)40)19-35-20-27(18-26(35)22-41-2)42-21-24-10-5-4-6-11-24;1-4-5-9-7(2)6-8-3/h7-9,12-14,17,24,26-27,31H,4-6,10-11,15-16,18-22H2,1-3H3,(H,34,36)(H,37,38);7-8H,4-6H2,1-3H3/t26-,27?,31?;/m0./s1. The Bertz CT molecular complexity index is 1500. The first-order valence-corrected chi connectivity index (χ1v) is 22.0. The minimum Gasteiger partial charge on any atom is -0.480 e. The third kappa shape index (κ3) is 15.1. The molecule has 1 aliphatic carbocycles. The minimum atomic E-state index is -3.39. The number of likely N-dealkylation sites (tertiary alicyclic amines) is 1. The Labute approximate surface area is 317 Å². The van der Waals surface area contributed by atoms with E-state index < -0.39 is 27.8 Å². The Hall–Kier alpha value is -2.48. The van der Waals surface area contributed by atoms with Gasteiger partial charge in [0.05, 0.1) is 18.5 Å². The zero-order chi connectivity index (χ0) is 38.1. The first-order valence-electron chi connectivity index (χ1n) is 18.9. The van der Waals surface area contributed by atoms with Gasteiger partial charge < -0.3 is 25.2 Å². The average Bonchev–Trinajstić information content (AvgIpc) is 3.49. The lowest BCUT2D eigenvalue weighted by Crippen LogP contribution is -2.42. The molecule has 3 N–H and O–H groups in total. The molecule has 0 aromatic heterocycles. The summed E-state index contributed by atoms with van der Waals surface area (Å²) in [5.41, 5.74) is 3.92. The normalized spacial score (nSPS) is 19.4. The number of nitrogens with one attached hydrogen (secondary N) is 2. The molecule has 2 aromatic carbocycles. The highest BCUT2D eigenvalue weighted by molar-refractivity contribution is 7.99. The second kappa shape index (κ2) is 22.7. The topological polar surface area (TPSA) is 134 Å². The zero-order valence-corrected chi connectivity index (χ0v) is 33.8. The predicted molar refractivity (Wildman–Crippen MR) is 213 cm³/mol. The molecule has 0 spiro atoms. The van der Waals surface area contributed by atoms with Gasteiger partial charge in [-0.05, 0) is 92.1 Å². The summed E-state index contributed by atoms with van der Waals surface area (Å²) in [6.07, 6.45) is 9.63. The van der Waals surface area contributed by atoms with E-state index in [1.807, 2.05) is 62.1 Å². The number of thioether (sulfide) groups is 1. The van der Waals surface area contributed by atoms with E-state index in [2.05, 4.69) is 29.4 Å². The molecule has 1 aliphatic heterocycles. The molecule has 52 heavy (non-hydrogen) atoms. The molecule has 4 atom stereocenters. The van der Waals surface area contributed by atoms with Crippen LogP contribution >= 0.6 is 11.8 Å². The first-order chi connectivity index (χ1) is 24.8. The highest BCUT2D eigenvalue weighted by atomic mass is 32.2. The van der Waals surface area contributed by atoms with Gasteiger partial charge in [-0.25, -0.2) is 13.2 Å². The number of aryl methyl sites for hydroxylation is 1. The van der Waals surface area contributed by atoms with E-state index in [1.165, 1.54) is 44.3 Å². The maximum absolute atomic E-state index is 13.5. The van der Waals surface area contributed by atoms with E-state index >= 15 is 0 Å². The van der Waals surface area contributed by atoms with Crippen LogP contribution in [-0.2, 0) is 30.7 Å². The van der Waals surface area contributed by atoms with Crippen LogP contribution in [-0.4, -0.2) is 112 Å². The number of ether oxygens (including phenoxy) is 2. The van der Waals surface area contributed by atoms with Crippen molar-refractivity contribution in [3.8, 4) is 11.1 Å². The molecule has 4 rings (SSSR count). The average molecular weight is 762 g/mol. The second-order valence-corrected chi connectivity index (χ2v) is 18.3. The van der Waals surface area contributed by atoms with Gasteiger partial charge >= 0.3 is 5.97 Å². The van der Waals surface area contributed by atoms with Crippen molar-refractivity contribution in [3.63, 3.8) is 0 Å². The lowest BCUT2D eigenvalue weighted by molar-refractivity contribution is -0.139. The Balaban J connectivity index is 0.000000715. The molecule has 2 fully saturated rings. The van der Waals surface area contributed by atoms with Crippen LogP contribution in [0.3, 0.4) is 0 Å². The molecule has 1 saturated carbocycles. The van der Waals surface area contributed by atoms with Crippen LogP contribution in [0, 0.1) is 12.8 Å². The number of carboxylic acids is 1. The van der Waals surface area contributed by atoms with E-state index in [9.17, 15) is 23.1 Å². The van der Waals surface area contributed by atoms with E-state index in [4.69, 9.17) is 9.47 Å². The van der Waals surface area contributed by atoms with E-state index in [1.54, 1.807) is 13.2 Å². The summed E-state index contributed by atoms with van der Waals surface area (Å²) in [5, 5.41) is 16.1. The van der Waals surface area contributed by atoms with Gasteiger partial charge in [0.15, 0.2) is 0 Å². The number of sulfone groups is 1. The van der Waals surface area contributed by atoms with Gasteiger partial charge in [-0.2, -0.15) is 11.8 Å². The van der Waals surface area contributed by atoms with E-state index in [-0.39, 0.29) is 24.3 Å². The van der Waals surface area contributed by atoms with Crippen LogP contribution in [0.4, 0.5) is 0 Å². The number of hydrogen-bond donors (Lipinski definition) is 3. The van der Waals surface area contributed by atoms with Crippen LogP contribution in [0.15, 0.2) is 42.5 Å². The number of nitrogens with zero attached hydrogens (tertiary/aromatic N) is 1. The summed E-state index contributed by atoms with van der Waals surface area (Å²) in [5.74, 6) is -0.212. The molecular formula is C40H63N3O7S2. The number of carbonyl (C=O) groups excluding carboxylic acids is 1. The molecule has 3 unspecified atom stereocenters.